The molecule has 1 fully saturated rings. The van der Waals surface area contributed by atoms with Crippen molar-refractivity contribution in [1.82, 2.24) is 25.1 Å². The van der Waals surface area contributed by atoms with E-state index in [0.717, 1.165) is 57.1 Å². The summed E-state index contributed by atoms with van der Waals surface area (Å²) in [5.41, 5.74) is 0. The zero-order valence-corrected chi connectivity index (χ0v) is 21.0. The molecule has 29 heavy (non-hydrogen) atoms. The van der Waals surface area contributed by atoms with Gasteiger partial charge in [-0.25, -0.2) is 4.98 Å². The minimum Gasteiger partial charge on any atom is -0.354 e. The summed E-state index contributed by atoms with van der Waals surface area (Å²) in [7, 11) is 1.79. The molecule has 1 aromatic heterocycles. The largest absolute Gasteiger partial charge is 0.354 e. The second-order valence-corrected chi connectivity index (χ2v) is 8.07. The second-order valence-electron chi connectivity index (χ2n) is 8.07. The quantitative estimate of drug-likeness (QED) is 0.315. The molecular weight excluding hydrogens is 479 g/mol. The predicted octanol–water partition coefficient (Wildman–Crippen LogP) is 3.25. The Morgan fingerprint density at radius 2 is 1.93 bits per heavy atom. The van der Waals surface area contributed by atoms with Gasteiger partial charge in [0.1, 0.15) is 5.82 Å². The molecule has 0 bridgehead atoms. The Bertz CT molecular complexity index is 633. The number of hydrogen-bond donors (Lipinski definition) is 2. The standard InChI is InChI=1S/C21H38N6O.HI/c1-6-17(7-2)20(28)26-11-8-18(9-12-26)25-21(22-5)24-14-19-23-10-13-27(19)15-16(3)4;/h10,13,16-18H,6-9,11-12,14-15H2,1-5H3,(H2,22,24,25);1H. The number of nitrogens with zero attached hydrogens (tertiary/aromatic N) is 4. The number of amides is 1. The van der Waals surface area contributed by atoms with Crippen molar-refractivity contribution in [1.29, 1.82) is 0 Å². The van der Waals surface area contributed by atoms with E-state index in [-0.39, 0.29) is 29.9 Å². The first-order valence-electron chi connectivity index (χ1n) is 10.7. The van der Waals surface area contributed by atoms with Crippen molar-refractivity contribution in [2.24, 2.45) is 16.8 Å². The van der Waals surface area contributed by atoms with Crippen molar-refractivity contribution >= 4 is 35.8 Å². The van der Waals surface area contributed by atoms with Crippen molar-refractivity contribution in [3.63, 3.8) is 0 Å². The molecule has 0 spiro atoms. The molecule has 2 N–H and O–H groups in total. The van der Waals surface area contributed by atoms with Gasteiger partial charge in [-0.2, -0.15) is 0 Å². The molecule has 0 radical (unpaired) electrons. The van der Waals surface area contributed by atoms with E-state index in [1.165, 1.54) is 0 Å². The lowest BCUT2D eigenvalue weighted by molar-refractivity contribution is -0.136. The molecule has 1 aliphatic heterocycles. The van der Waals surface area contributed by atoms with Crippen LogP contribution >= 0.6 is 24.0 Å². The SMILES string of the molecule is CCC(CC)C(=O)N1CCC(NC(=NC)NCc2nccn2CC(C)C)CC1.I. The van der Waals surface area contributed by atoms with Crippen molar-refractivity contribution in [3.05, 3.63) is 18.2 Å². The Morgan fingerprint density at radius 1 is 1.28 bits per heavy atom. The smallest absolute Gasteiger partial charge is 0.225 e. The molecular formula is C21H39IN6O. The van der Waals surface area contributed by atoms with E-state index in [9.17, 15) is 4.79 Å². The van der Waals surface area contributed by atoms with Gasteiger partial charge in [0.15, 0.2) is 5.96 Å². The lowest BCUT2D eigenvalue weighted by Crippen LogP contribution is -2.50. The maximum absolute atomic E-state index is 12.5. The van der Waals surface area contributed by atoms with Crippen LogP contribution in [-0.4, -0.2) is 52.5 Å². The molecule has 2 rings (SSSR count). The zero-order valence-electron chi connectivity index (χ0n) is 18.6. The van der Waals surface area contributed by atoms with E-state index in [1.807, 2.05) is 17.3 Å². The van der Waals surface area contributed by atoms with Gasteiger partial charge in [0.25, 0.3) is 0 Å². The summed E-state index contributed by atoms with van der Waals surface area (Å²) in [5.74, 6) is 2.89. The first-order valence-corrected chi connectivity index (χ1v) is 10.7. The van der Waals surface area contributed by atoms with Gasteiger partial charge in [-0.3, -0.25) is 9.79 Å². The molecule has 1 amide bonds. The lowest BCUT2D eigenvalue weighted by atomic mass is 9.98. The minimum absolute atomic E-state index is 0. The zero-order chi connectivity index (χ0) is 20.5. The van der Waals surface area contributed by atoms with E-state index < -0.39 is 0 Å². The Morgan fingerprint density at radius 3 is 2.48 bits per heavy atom. The topological polar surface area (TPSA) is 74.6 Å². The molecule has 0 aromatic carbocycles. The summed E-state index contributed by atoms with van der Waals surface area (Å²) in [6, 6.07) is 0.340. The number of halogens is 1. The Balaban J connectivity index is 0.00000420. The van der Waals surface area contributed by atoms with Gasteiger partial charge in [0.2, 0.25) is 5.91 Å². The normalized spacial score (nSPS) is 15.6. The third kappa shape index (κ3) is 7.79. The molecule has 166 valence electrons. The van der Waals surface area contributed by atoms with Crippen molar-refractivity contribution in [3.8, 4) is 0 Å². The molecule has 8 heteroatoms. The summed E-state index contributed by atoms with van der Waals surface area (Å²) < 4.78 is 2.19. The number of aliphatic imine (C=N–C) groups is 1. The number of nitrogens with one attached hydrogen (secondary N) is 2. The Labute approximate surface area is 193 Å². The average molecular weight is 518 g/mol. The van der Waals surface area contributed by atoms with Crippen LogP contribution < -0.4 is 10.6 Å². The van der Waals surface area contributed by atoms with Crippen LogP contribution in [0.5, 0.6) is 0 Å². The van der Waals surface area contributed by atoms with Gasteiger partial charge in [-0.1, -0.05) is 27.7 Å². The van der Waals surface area contributed by atoms with Crippen LogP contribution in [0.3, 0.4) is 0 Å². The van der Waals surface area contributed by atoms with E-state index in [4.69, 9.17) is 0 Å². The highest BCUT2D eigenvalue weighted by Crippen LogP contribution is 2.17. The van der Waals surface area contributed by atoms with Crippen molar-refractivity contribution in [2.45, 2.75) is 72.5 Å². The summed E-state index contributed by atoms with van der Waals surface area (Å²) in [4.78, 5) is 23.4. The maximum atomic E-state index is 12.5. The Hall–Kier alpha value is -1.32. The van der Waals surface area contributed by atoms with Crippen LogP contribution in [0.4, 0.5) is 0 Å². The molecule has 0 aliphatic carbocycles. The fourth-order valence-corrected chi connectivity index (χ4v) is 3.76. The highest BCUT2D eigenvalue weighted by molar-refractivity contribution is 14.0. The Kier molecular flexibility index (Phi) is 11.6. The third-order valence-electron chi connectivity index (χ3n) is 5.48. The molecule has 0 saturated carbocycles. The van der Waals surface area contributed by atoms with Crippen molar-refractivity contribution in [2.75, 3.05) is 20.1 Å². The number of aromatic nitrogens is 2. The third-order valence-corrected chi connectivity index (χ3v) is 5.48. The summed E-state index contributed by atoms with van der Waals surface area (Å²) in [6.07, 6.45) is 7.64. The number of likely N-dealkylation sites (tertiary alicyclic amines) is 1. The van der Waals surface area contributed by atoms with E-state index in [2.05, 4.69) is 52.9 Å². The van der Waals surface area contributed by atoms with Crippen LogP contribution in [0, 0.1) is 11.8 Å². The highest BCUT2D eigenvalue weighted by Gasteiger charge is 2.26. The lowest BCUT2D eigenvalue weighted by Gasteiger charge is -2.34. The molecule has 0 unspecified atom stereocenters. The summed E-state index contributed by atoms with van der Waals surface area (Å²) >= 11 is 0. The first-order chi connectivity index (χ1) is 13.5. The first kappa shape index (κ1) is 25.7. The molecule has 2 heterocycles. The number of piperidine rings is 1. The number of hydrogen-bond acceptors (Lipinski definition) is 3. The average Bonchev–Trinajstić information content (AvgIpc) is 3.12. The summed E-state index contributed by atoms with van der Waals surface area (Å²) in [5, 5.41) is 6.89. The molecule has 1 saturated heterocycles. The van der Waals surface area contributed by atoms with Crippen LogP contribution in [0.25, 0.3) is 0 Å². The van der Waals surface area contributed by atoms with E-state index >= 15 is 0 Å². The minimum atomic E-state index is 0. The molecule has 0 atom stereocenters. The van der Waals surface area contributed by atoms with Crippen LogP contribution in [0.15, 0.2) is 17.4 Å². The van der Waals surface area contributed by atoms with Gasteiger partial charge in [0, 0.05) is 51.0 Å². The highest BCUT2D eigenvalue weighted by atomic mass is 127. The maximum Gasteiger partial charge on any atom is 0.225 e. The number of carbonyl (C=O) groups excluding carboxylic acids is 1. The molecule has 7 nitrogen and oxygen atoms in total. The van der Waals surface area contributed by atoms with Gasteiger partial charge < -0.3 is 20.1 Å². The van der Waals surface area contributed by atoms with Gasteiger partial charge >= 0.3 is 0 Å². The van der Waals surface area contributed by atoms with Crippen LogP contribution in [0.1, 0.15) is 59.2 Å². The monoisotopic (exact) mass is 518 g/mol. The van der Waals surface area contributed by atoms with Crippen molar-refractivity contribution < 1.29 is 4.79 Å². The number of guanidine groups is 1. The fraction of sp³-hybridized carbons (Fsp3) is 0.762. The van der Waals surface area contributed by atoms with Crippen LogP contribution in [0.2, 0.25) is 0 Å². The predicted molar refractivity (Wildman–Crippen MR) is 129 cm³/mol. The second kappa shape index (κ2) is 13.1. The number of carbonyl (C=O) groups is 1. The van der Waals surface area contributed by atoms with Gasteiger partial charge in [-0.15, -0.1) is 24.0 Å². The van der Waals surface area contributed by atoms with E-state index in [0.29, 0.717) is 24.4 Å². The number of rotatable bonds is 8. The van der Waals surface area contributed by atoms with E-state index in [1.54, 1.807) is 7.05 Å². The van der Waals surface area contributed by atoms with Crippen LogP contribution in [-0.2, 0) is 17.9 Å². The van der Waals surface area contributed by atoms with Gasteiger partial charge in [-0.05, 0) is 31.6 Å². The number of imidazole rings is 1. The fourth-order valence-electron chi connectivity index (χ4n) is 3.76. The molecule has 1 aromatic rings. The van der Waals surface area contributed by atoms with Gasteiger partial charge in [0.05, 0.1) is 6.54 Å². The molecule has 1 aliphatic rings. The summed E-state index contributed by atoms with van der Waals surface area (Å²) in [6.45, 7) is 11.9.